The van der Waals surface area contributed by atoms with Crippen LogP contribution in [0.1, 0.15) is 45.6 Å². The average Bonchev–Trinajstić information content (AvgIpc) is 2.31. The molecule has 0 aromatic heterocycles. The molecule has 0 N–H and O–H groups in total. The van der Waals surface area contributed by atoms with Gasteiger partial charge < -0.3 is 17.0 Å². The second kappa shape index (κ2) is 9.98. The summed E-state index contributed by atoms with van der Waals surface area (Å²) in [4.78, 5) is 0. The predicted molar refractivity (Wildman–Crippen MR) is 82.5 cm³/mol. The summed E-state index contributed by atoms with van der Waals surface area (Å²) >= 11 is 0. The fourth-order valence-corrected chi connectivity index (χ4v) is 7.94. The van der Waals surface area contributed by atoms with Gasteiger partial charge in [-0.1, -0.05) is 51.1 Å². The number of rotatable bonds is 8. The maximum absolute atomic E-state index is 2.35. The average molecular weight is 331 g/mol. The molecule has 0 nitrogen and oxygen atoms in total. The van der Waals surface area contributed by atoms with Crippen LogP contribution in [0.2, 0.25) is 0 Å². The summed E-state index contributed by atoms with van der Waals surface area (Å²) in [6.45, 7) is 7.06. The van der Waals surface area contributed by atoms with E-state index >= 15 is 0 Å². The predicted octanol–water partition coefficient (Wildman–Crippen LogP) is 2.44. The molecule has 0 amide bonds. The summed E-state index contributed by atoms with van der Waals surface area (Å²) < 4.78 is 0. The summed E-state index contributed by atoms with van der Waals surface area (Å²) in [5.74, 6) is 0. The molecule has 0 aliphatic heterocycles. The lowest BCUT2D eigenvalue weighted by atomic mass is 10.2. The van der Waals surface area contributed by atoms with Gasteiger partial charge in [0.1, 0.15) is 0 Å². The van der Waals surface area contributed by atoms with Crippen LogP contribution in [0.4, 0.5) is 0 Å². The fraction of sp³-hybridized carbons (Fsp3) is 0.625. The van der Waals surface area contributed by atoms with Crippen molar-refractivity contribution in [1.82, 2.24) is 0 Å². The second-order valence-electron chi connectivity index (χ2n) is 5.16. The van der Waals surface area contributed by atoms with Crippen LogP contribution in [0.25, 0.3) is 0 Å². The molecule has 1 rings (SSSR count). The van der Waals surface area contributed by atoms with Crippen molar-refractivity contribution >= 4 is 7.26 Å². The first-order valence-electron chi connectivity index (χ1n) is 7.15. The standard InChI is InChI=1S/C16H28P.BrH/c1-4-12-17(13-5-2,14-6-3)15-16-10-8-7-9-11-16;/h7-11H,4-6,12-15H2,1-3H3;1H/q+1;/p-1. The highest BCUT2D eigenvalue weighted by Gasteiger charge is 2.34. The zero-order chi connectivity index (χ0) is 12.6. The highest BCUT2D eigenvalue weighted by atomic mass is 79.9. The minimum Gasteiger partial charge on any atom is -1.00 e. The van der Waals surface area contributed by atoms with E-state index in [0.717, 1.165) is 0 Å². The van der Waals surface area contributed by atoms with Gasteiger partial charge in [0.2, 0.25) is 0 Å². The van der Waals surface area contributed by atoms with Gasteiger partial charge in [0.15, 0.2) is 0 Å². The molecular weight excluding hydrogens is 303 g/mol. The molecule has 1 aromatic rings. The smallest absolute Gasteiger partial charge is 0.0842 e. The molecular formula is C16H28BrP. The van der Waals surface area contributed by atoms with Gasteiger partial charge in [0, 0.05) is 7.26 Å². The third-order valence-electron chi connectivity index (χ3n) is 3.45. The number of benzene rings is 1. The van der Waals surface area contributed by atoms with Gasteiger partial charge in [0.05, 0.1) is 24.6 Å². The van der Waals surface area contributed by atoms with Crippen molar-refractivity contribution < 1.29 is 17.0 Å². The monoisotopic (exact) mass is 330 g/mol. The van der Waals surface area contributed by atoms with Crippen LogP contribution < -0.4 is 17.0 Å². The number of halogens is 1. The van der Waals surface area contributed by atoms with Crippen LogP contribution in [-0.2, 0) is 6.16 Å². The quantitative estimate of drug-likeness (QED) is 0.642. The van der Waals surface area contributed by atoms with Crippen molar-refractivity contribution in [1.29, 1.82) is 0 Å². The van der Waals surface area contributed by atoms with Crippen LogP contribution in [0.15, 0.2) is 30.3 Å². The minimum absolute atomic E-state index is 0. The van der Waals surface area contributed by atoms with Crippen molar-refractivity contribution in [3.8, 4) is 0 Å². The zero-order valence-electron chi connectivity index (χ0n) is 12.2. The Bertz CT molecular complexity index is 280. The molecule has 0 heterocycles. The summed E-state index contributed by atoms with van der Waals surface area (Å²) in [5, 5.41) is 0. The Morgan fingerprint density at radius 2 is 1.22 bits per heavy atom. The lowest BCUT2D eigenvalue weighted by Crippen LogP contribution is -3.00. The maximum Gasteiger partial charge on any atom is 0.0842 e. The first-order valence-corrected chi connectivity index (χ1v) is 9.68. The molecule has 0 spiro atoms. The van der Waals surface area contributed by atoms with E-state index in [4.69, 9.17) is 0 Å². The zero-order valence-corrected chi connectivity index (χ0v) is 14.6. The Kier molecular flexibility index (Phi) is 10.1. The van der Waals surface area contributed by atoms with Crippen molar-refractivity contribution in [2.45, 2.75) is 46.2 Å². The number of hydrogen-bond acceptors (Lipinski definition) is 0. The highest BCUT2D eigenvalue weighted by Crippen LogP contribution is 2.62. The van der Waals surface area contributed by atoms with Crippen molar-refractivity contribution in [3.05, 3.63) is 35.9 Å². The normalized spacial score (nSPS) is 11.1. The molecule has 1 aromatic carbocycles. The Hall–Kier alpha value is 0.130. The van der Waals surface area contributed by atoms with E-state index in [2.05, 4.69) is 51.1 Å². The van der Waals surface area contributed by atoms with Crippen LogP contribution in [0.5, 0.6) is 0 Å². The first kappa shape index (κ1) is 18.1. The Labute approximate surface area is 125 Å². The highest BCUT2D eigenvalue weighted by molar-refractivity contribution is 7.75. The SMILES string of the molecule is CCC[P+](CCC)(CCC)Cc1ccccc1.[Br-]. The molecule has 104 valence electrons. The van der Waals surface area contributed by atoms with Crippen LogP contribution in [0.3, 0.4) is 0 Å². The van der Waals surface area contributed by atoms with Gasteiger partial charge in [-0.15, -0.1) is 0 Å². The molecule has 0 radical (unpaired) electrons. The topological polar surface area (TPSA) is 0 Å². The molecule has 0 saturated heterocycles. The molecule has 18 heavy (non-hydrogen) atoms. The first-order chi connectivity index (χ1) is 8.26. The third kappa shape index (κ3) is 5.85. The van der Waals surface area contributed by atoms with Gasteiger partial charge in [-0.2, -0.15) is 0 Å². The third-order valence-corrected chi connectivity index (χ3v) is 8.68. The number of hydrogen-bond donors (Lipinski definition) is 0. The van der Waals surface area contributed by atoms with E-state index in [1.54, 1.807) is 5.56 Å². The van der Waals surface area contributed by atoms with Crippen molar-refractivity contribution in [3.63, 3.8) is 0 Å². The largest absolute Gasteiger partial charge is 1.00 e. The molecule has 0 aliphatic carbocycles. The Morgan fingerprint density at radius 1 is 0.778 bits per heavy atom. The van der Waals surface area contributed by atoms with Crippen molar-refractivity contribution in [2.24, 2.45) is 0 Å². The maximum atomic E-state index is 2.35. The van der Waals surface area contributed by atoms with Gasteiger partial charge in [-0.05, 0) is 24.8 Å². The van der Waals surface area contributed by atoms with E-state index in [-0.39, 0.29) is 17.0 Å². The summed E-state index contributed by atoms with van der Waals surface area (Å²) in [5.41, 5.74) is 1.57. The van der Waals surface area contributed by atoms with E-state index < -0.39 is 7.26 Å². The molecule has 0 saturated carbocycles. The van der Waals surface area contributed by atoms with Gasteiger partial charge in [-0.25, -0.2) is 0 Å². The summed E-state index contributed by atoms with van der Waals surface area (Å²) in [6, 6.07) is 11.1. The van der Waals surface area contributed by atoms with E-state index in [0.29, 0.717) is 0 Å². The Morgan fingerprint density at radius 3 is 1.61 bits per heavy atom. The molecule has 2 heteroatoms. The summed E-state index contributed by atoms with van der Waals surface area (Å²) in [7, 11) is -0.718. The molecule has 0 unspecified atom stereocenters. The van der Waals surface area contributed by atoms with E-state index in [1.807, 2.05) is 0 Å². The molecule has 0 fully saturated rings. The van der Waals surface area contributed by atoms with Gasteiger partial charge in [-0.3, -0.25) is 0 Å². The second-order valence-corrected chi connectivity index (χ2v) is 9.50. The molecule has 0 bridgehead atoms. The van der Waals surface area contributed by atoms with Crippen LogP contribution in [-0.4, -0.2) is 18.5 Å². The molecule has 0 aliphatic rings. The van der Waals surface area contributed by atoms with Gasteiger partial charge >= 0.3 is 0 Å². The van der Waals surface area contributed by atoms with E-state index in [1.165, 1.54) is 43.9 Å². The van der Waals surface area contributed by atoms with Crippen LogP contribution >= 0.6 is 7.26 Å². The van der Waals surface area contributed by atoms with Crippen molar-refractivity contribution in [2.75, 3.05) is 18.5 Å². The van der Waals surface area contributed by atoms with Crippen LogP contribution in [0, 0.1) is 0 Å². The lowest BCUT2D eigenvalue weighted by molar-refractivity contribution is -0.00000389. The summed E-state index contributed by atoms with van der Waals surface area (Å²) in [6.07, 6.45) is 9.93. The minimum atomic E-state index is -0.718. The van der Waals surface area contributed by atoms with E-state index in [9.17, 15) is 0 Å². The lowest BCUT2D eigenvalue weighted by Gasteiger charge is -2.27. The fourth-order valence-electron chi connectivity index (χ4n) is 2.97. The van der Waals surface area contributed by atoms with Gasteiger partial charge in [0.25, 0.3) is 0 Å². The Balaban J connectivity index is 0.00000289. The molecule has 0 atom stereocenters.